The van der Waals surface area contributed by atoms with Crippen molar-refractivity contribution in [1.29, 1.82) is 0 Å². The quantitative estimate of drug-likeness (QED) is 0.919. The van der Waals surface area contributed by atoms with E-state index in [1.165, 1.54) is 6.92 Å². The number of hydrogen-bond donors (Lipinski definition) is 1. The molecular formula is C14H18BrNO3. The SMILES string of the molecule is CCC(C)N(C(C)=O)c1cc(Br)cc(C(=O)O)c1C. The maximum absolute atomic E-state index is 11.9. The van der Waals surface area contributed by atoms with Crippen molar-refractivity contribution in [2.75, 3.05) is 4.90 Å². The molecule has 1 rings (SSSR count). The normalized spacial score (nSPS) is 12.1. The van der Waals surface area contributed by atoms with Crippen LogP contribution in [0.3, 0.4) is 0 Å². The van der Waals surface area contributed by atoms with E-state index in [1.54, 1.807) is 24.0 Å². The van der Waals surface area contributed by atoms with Crippen LogP contribution in [0.1, 0.15) is 43.1 Å². The molecule has 0 radical (unpaired) electrons. The number of aromatic carboxylic acids is 1. The van der Waals surface area contributed by atoms with Crippen LogP contribution >= 0.6 is 15.9 Å². The first kappa shape index (κ1) is 15.7. The lowest BCUT2D eigenvalue weighted by Crippen LogP contribution is -2.37. The van der Waals surface area contributed by atoms with Gasteiger partial charge in [-0.1, -0.05) is 22.9 Å². The molecule has 0 saturated heterocycles. The van der Waals surface area contributed by atoms with Crippen LogP contribution in [0.2, 0.25) is 0 Å². The van der Waals surface area contributed by atoms with Crippen LogP contribution in [0.4, 0.5) is 5.69 Å². The topological polar surface area (TPSA) is 57.6 Å². The Labute approximate surface area is 121 Å². The number of carboxylic acids is 1. The van der Waals surface area contributed by atoms with Gasteiger partial charge in [0.25, 0.3) is 0 Å². The molecule has 0 aliphatic carbocycles. The van der Waals surface area contributed by atoms with Crippen LogP contribution in [0.5, 0.6) is 0 Å². The third kappa shape index (κ3) is 3.35. The fraction of sp³-hybridized carbons (Fsp3) is 0.429. The third-order valence-corrected chi connectivity index (χ3v) is 3.66. The third-order valence-electron chi connectivity index (χ3n) is 3.21. The molecule has 0 aliphatic rings. The number of carbonyl (C=O) groups is 2. The summed E-state index contributed by atoms with van der Waals surface area (Å²) in [5.41, 5.74) is 1.46. The van der Waals surface area contributed by atoms with Crippen molar-refractivity contribution in [2.24, 2.45) is 0 Å². The van der Waals surface area contributed by atoms with E-state index in [-0.39, 0.29) is 17.5 Å². The van der Waals surface area contributed by atoms with Gasteiger partial charge in [-0.3, -0.25) is 4.79 Å². The van der Waals surface area contributed by atoms with Crippen LogP contribution in [0.15, 0.2) is 16.6 Å². The number of rotatable bonds is 4. The molecule has 0 bridgehead atoms. The molecule has 19 heavy (non-hydrogen) atoms. The minimum absolute atomic E-state index is 0.0205. The second-order valence-corrected chi connectivity index (χ2v) is 5.46. The molecule has 4 nitrogen and oxygen atoms in total. The summed E-state index contributed by atoms with van der Waals surface area (Å²) in [5, 5.41) is 9.21. The Bertz CT molecular complexity index is 514. The zero-order chi connectivity index (χ0) is 14.7. The molecule has 1 unspecified atom stereocenters. The fourth-order valence-electron chi connectivity index (χ4n) is 2.04. The molecular weight excluding hydrogens is 310 g/mol. The van der Waals surface area contributed by atoms with Gasteiger partial charge < -0.3 is 10.0 Å². The Morgan fingerprint density at radius 1 is 1.42 bits per heavy atom. The van der Waals surface area contributed by atoms with E-state index in [9.17, 15) is 14.7 Å². The first-order chi connectivity index (χ1) is 8.79. The number of benzene rings is 1. The second kappa shape index (κ2) is 6.19. The van der Waals surface area contributed by atoms with Crippen molar-refractivity contribution in [3.05, 3.63) is 27.7 Å². The highest BCUT2D eigenvalue weighted by Crippen LogP contribution is 2.30. The highest BCUT2D eigenvalue weighted by atomic mass is 79.9. The van der Waals surface area contributed by atoms with Crippen LogP contribution < -0.4 is 4.90 Å². The van der Waals surface area contributed by atoms with Crippen LogP contribution in [0.25, 0.3) is 0 Å². The largest absolute Gasteiger partial charge is 0.478 e. The first-order valence-corrected chi connectivity index (χ1v) is 6.92. The van der Waals surface area contributed by atoms with Gasteiger partial charge in [-0.15, -0.1) is 0 Å². The number of halogens is 1. The zero-order valence-electron chi connectivity index (χ0n) is 11.5. The van der Waals surface area contributed by atoms with Gasteiger partial charge in [0.2, 0.25) is 5.91 Å². The maximum Gasteiger partial charge on any atom is 0.336 e. The Hall–Kier alpha value is -1.36. The van der Waals surface area contributed by atoms with Gasteiger partial charge in [0.05, 0.1) is 5.56 Å². The molecule has 5 heteroatoms. The number of nitrogens with zero attached hydrogens (tertiary/aromatic N) is 1. The summed E-state index contributed by atoms with van der Waals surface area (Å²) in [4.78, 5) is 24.7. The summed E-state index contributed by atoms with van der Waals surface area (Å²) < 4.78 is 0.653. The molecule has 0 saturated carbocycles. The van der Waals surface area contributed by atoms with Gasteiger partial charge >= 0.3 is 5.97 Å². The molecule has 1 aromatic rings. The summed E-state index contributed by atoms with van der Waals surface area (Å²) in [6.07, 6.45) is 0.800. The van der Waals surface area contributed by atoms with Crippen molar-refractivity contribution in [3.8, 4) is 0 Å². The number of hydrogen-bond acceptors (Lipinski definition) is 2. The standard InChI is InChI=1S/C14H18BrNO3/c1-5-8(2)16(10(4)17)13-7-11(15)6-12(9(13)3)14(18)19/h6-8H,5H2,1-4H3,(H,18,19). The molecule has 0 spiro atoms. The molecule has 0 fully saturated rings. The Balaban J connectivity index is 3.47. The lowest BCUT2D eigenvalue weighted by Gasteiger charge is -2.29. The van der Waals surface area contributed by atoms with Crippen LogP contribution in [0, 0.1) is 6.92 Å². The van der Waals surface area contributed by atoms with Crippen molar-refractivity contribution < 1.29 is 14.7 Å². The average molecular weight is 328 g/mol. The van der Waals surface area contributed by atoms with Gasteiger partial charge in [-0.2, -0.15) is 0 Å². The van der Waals surface area contributed by atoms with Crippen molar-refractivity contribution >= 4 is 33.5 Å². The van der Waals surface area contributed by atoms with Gasteiger partial charge in [0.1, 0.15) is 0 Å². The van der Waals surface area contributed by atoms with Crippen LogP contribution in [-0.2, 0) is 4.79 Å². The molecule has 104 valence electrons. The molecule has 0 aliphatic heterocycles. The van der Waals surface area contributed by atoms with E-state index in [0.29, 0.717) is 15.7 Å². The summed E-state index contributed by atoms with van der Waals surface area (Å²) in [7, 11) is 0. The second-order valence-electron chi connectivity index (χ2n) is 4.55. The maximum atomic E-state index is 11.9. The van der Waals surface area contributed by atoms with E-state index >= 15 is 0 Å². The monoisotopic (exact) mass is 327 g/mol. The summed E-state index contributed by atoms with van der Waals surface area (Å²) >= 11 is 3.30. The Kier molecular flexibility index (Phi) is 5.11. The predicted octanol–water partition coefficient (Wildman–Crippen LogP) is 3.61. The highest BCUT2D eigenvalue weighted by Gasteiger charge is 2.22. The smallest absolute Gasteiger partial charge is 0.336 e. The van der Waals surface area contributed by atoms with Gasteiger partial charge in [0, 0.05) is 23.1 Å². The van der Waals surface area contributed by atoms with Gasteiger partial charge in [0.15, 0.2) is 0 Å². The van der Waals surface area contributed by atoms with E-state index in [4.69, 9.17) is 0 Å². The lowest BCUT2D eigenvalue weighted by molar-refractivity contribution is -0.117. The number of carbonyl (C=O) groups excluding carboxylic acids is 1. The Morgan fingerprint density at radius 3 is 2.42 bits per heavy atom. The van der Waals surface area contributed by atoms with Crippen LogP contribution in [-0.4, -0.2) is 23.0 Å². The summed E-state index contributed by atoms with van der Waals surface area (Å²) in [6, 6.07) is 3.36. The van der Waals surface area contributed by atoms with Crippen molar-refractivity contribution in [1.82, 2.24) is 0 Å². The van der Waals surface area contributed by atoms with Crippen molar-refractivity contribution in [2.45, 2.75) is 40.2 Å². The Morgan fingerprint density at radius 2 is 2.00 bits per heavy atom. The van der Waals surface area contributed by atoms with E-state index < -0.39 is 5.97 Å². The van der Waals surface area contributed by atoms with Gasteiger partial charge in [-0.25, -0.2) is 4.79 Å². The average Bonchev–Trinajstić information content (AvgIpc) is 2.32. The fourth-order valence-corrected chi connectivity index (χ4v) is 2.48. The van der Waals surface area contributed by atoms with E-state index in [2.05, 4.69) is 15.9 Å². The van der Waals surface area contributed by atoms with E-state index in [1.807, 2.05) is 13.8 Å². The molecule has 1 N–H and O–H groups in total. The summed E-state index contributed by atoms with van der Waals surface area (Å²) in [6.45, 7) is 7.16. The lowest BCUT2D eigenvalue weighted by atomic mass is 10.0. The minimum Gasteiger partial charge on any atom is -0.478 e. The summed E-state index contributed by atoms with van der Waals surface area (Å²) in [5.74, 6) is -1.08. The minimum atomic E-state index is -0.993. The molecule has 0 aromatic heterocycles. The number of anilines is 1. The highest BCUT2D eigenvalue weighted by molar-refractivity contribution is 9.10. The molecule has 1 atom stereocenters. The predicted molar refractivity (Wildman–Crippen MR) is 78.8 cm³/mol. The first-order valence-electron chi connectivity index (χ1n) is 6.12. The molecule has 1 aromatic carbocycles. The number of amides is 1. The molecule has 0 heterocycles. The van der Waals surface area contributed by atoms with Gasteiger partial charge in [-0.05, 0) is 38.0 Å². The molecule has 1 amide bonds. The zero-order valence-corrected chi connectivity index (χ0v) is 13.1. The number of carboxylic acid groups (broad SMARTS) is 1. The van der Waals surface area contributed by atoms with E-state index in [0.717, 1.165) is 6.42 Å². The van der Waals surface area contributed by atoms with Crippen molar-refractivity contribution in [3.63, 3.8) is 0 Å².